The third-order valence-corrected chi connectivity index (χ3v) is 8.61. The van der Waals surface area contributed by atoms with Gasteiger partial charge in [-0.25, -0.2) is 8.78 Å². The van der Waals surface area contributed by atoms with Crippen molar-refractivity contribution in [2.24, 2.45) is 5.16 Å². The van der Waals surface area contributed by atoms with E-state index >= 15 is 0 Å². The molecule has 1 aromatic carbocycles. The van der Waals surface area contributed by atoms with Crippen LogP contribution in [0.1, 0.15) is 92.7 Å². The normalized spacial score (nSPS) is 21.8. The number of aromatic nitrogens is 1. The van der Waals surface area contributed by atoms with E-state index in [1.807, 2.05) is 13.8 Å². The van der Waals surface area contributed by atoms with Gasteiger partial charge in [0.25, 0.3) is 11.8 Å². The first kappa shape index (κ1) is 31.9. The van der Waals surface area contributed by atoms with Gasteiger partial charge in [0.05, 0.1) is 19.6 Å². The number of carbonyl (C=O) groups is 3. The molecular weight excluding hydrogens is 594 g/mol. The van der Waals surface area contributed by atoms with Crippen LogP contribution in [-0.2, 0) is 25.7 Å². The van der Waals surface area contributed by atoms with Gasteiger partial charge in [0.1, 0.15) is 17.2 Å². The van der Waals surface area contributed by atoms with Gasteiger partial charge in [0.15, 0.2) is 11.3 Å². The maximum Gasteiger partial charge on any atom is 0.308 e. The van der Waals surface area contributed by atoms with Gasteiger partial charge in [0, 0.05) is 44.8 Å². The molecule has 0 radical (unpaired) electrons. The molecule has 0 saturated carbocycles. The third kappa shape index (κ3) is 6.36. The summed E-state index contributed by atoms with van der Waals surface area (Å²) in [6, 6.07) is 2.08. The van der Waals surface area contributed by atoms with Gasteiger partial charge in [0.2, 0.25) is 23.9 Å². The number of nitrogens with one attached hydrogen (secondary N) is 1. The summed E-state index contributed by atoms with van der Waals surface area (Å²) in [4.78, 5) is 61.1. The lowest BCUT2D eigenvalue weighted by Crippen LogP contribution is -2.52. The highest BCUT2D eigenvalue weighted by atomic mass is 19.1. The van der Waals surface area contributed by atoms with Crippen molar-refractivity contribution in [2.75, 3.05) is 20.4 Å². The zero-order chi connectivity index (χ0) is 32.3. The van der Waals surface area contributed by atoms with Crippen molar-refractivity contribution in [3.63, 3.8) is 0 Å². The highest BCUT2D eigenvalue weighted by molar-refractivity contribution is 5.99. The van der Waals surface area contributed by atoms with Gasteiger partial charge in [-0.05, 0) is 32.3 Å². The van der Waals surface area contributed by atoms with Crippen LogP contribution >= 0.6 is 0 Å². The highest BCUT2D eigenvalue weighted by Crippen LogP contribution is 2.46. The number of methoxy groups -OCH3 is 1. The van der Waals surface area contributed by atoms with E-state index in [4.69, 9.17) is 19.0 Å². The van der Waals surface area contributed by atoms with E-state index in [0.717, 1.165) is 18.9 Å². The number of pyridine rings is 1. The number of carbonyl (C=O) groups excluding carboxylic acids is 3. The zero-order valence-corrected chi connectivity index (χ0v) is 25.4. The molecule has 4 heterocycles. The average Bonchev–Trinajstić information content (AvgIpc) is 3.39. The van der Waals surface area contributed by atoms with Gasteiger partial charge >= 0.3 is 5.97 Å². The smallest absolute Gasteiger partial charge is 0.308 e. The van der Waals surface area contributed by atoms with Crippen LogP contribution in [0.5, 0.6) is 5.75 Å². The molecule has 3 aliphatic heterocycles. The van der Waals surface area contributed by atoms with Crippen LogP contribution in [0.25, 0.3) is 0 Å². The second-order valence-corrected chi connectivity index (χ2v) is 11.5. The maximum absolute atomic E-state index is 14.3. The van der Waals surface area contributed by atoms with Crippen molar-refractivity contribution < 1.29 is 43.6 Å². The van der Waals surface area contributed by atoms with E-state index < -0.39 is 64.6 Å². The maximum atomic E-state index is 14.3. The molecule has 2 bridgehead atoms. The Morgan fingerprint density at radius 1 is 1.24 bits per heavy atom. The number of nitrogens with zero attached hydrogens (tertiary/aromatic N) is 3. The van der Waals surface area contributed by atoms with E-state index in [9.17, 15) is 28.0 Å². The summed E-state index contributed by atoms with van der Waals surface area (Å²) in [6.07, 6.45) is 5.14. The fourth-order valence-electron chi connectivity index (χ4n) is 5.99. The van der Waals surface area contributed by atoms with Crippen LogP contribution < -0.4 is 15.5 Å². The topological polar surface area (TPSA) is 138 Å². The molecule has 3 aliphatic rings. The van der Waals surface area contributed by atoms with E-state index in [0.29, 0.717) is 31.2 Å². The summed E-state index contributed by atoms with van der Waals surface area (Å²) in [5, 5.41) is 6.59. The minimum Gasteiger partial charge on any atom is -0.482 e. The van der Waals surface area contributed by atoms with Crippen LogP contribution in [0.4, 0.5) is 8.78 Å². The van der Waals surface area contributed by atoms with E-state index in [-0.39, 0.29) is 44.7 Å². The number of hydrogen-bond acceptors (Lipinski definition) is 9. The summed E-state index contributed by atoms with van der Waals surface area (Å²) in [5.41, 5.74) is -2.41. The molecule has 12 nitrogen and oxygen atoms in total. The quantitative estimate of drug-likeness (QED) is 0.235. The fraction of sp³-hybridized carbons (Fsp3) is 0.516. The molecular formula is C31H38F2N4O8. The number of unbranched alkanes of at least 4 members (excludes halogenated alkanes) is 2. The van der Waals surface area contributed by atoms with Crippen molar-refractivity contribution in [1.82, 2.24) is 14.8 Å². The summed E-state index contributed by atoms with van der Waals surface area (Å²) >= 11 is 0. The van der Waals surface area contributed by atoms with Crippen LogP contribution in [0, 0.1) is 11.6 Å². The molecule has 3 atom stereocenters. The van der Waals surface area contributed by atoms with Crippen molar-refractivity contribution in [3.05, 3.63) is 63.1 Å². The number of amides is 2. The highest BCUT2D eigenvalue weighted by Gasteiger charge is 2.55. The summed E-state index contributed by atoms with van der Waals surface area (Å²) in [6.45, 7) is 3.08. The number of oxime groups is 1. The number of fused-ring (bicyclic) bond motifs is 5. The number of hydrogen-bond donors (Lipinski definition) is 1. The molecule has 0 unspecified atom stereocenters. The molecule has 0 aliphatic carbocycles. The van der Waals surface area contributed by atoms with Gasteiger partial charge in [-0.2, -0.15) is 0 Å². The Morgan fingerprint density at radius 3 is 2.76 bits per heavy atom. The molecule has 1 fully saturated rings. The number of esters is 1. The lowest BCUT2D eigenvalue weighted by atomic mass is 9.85. The van der Waals surface area contributed by atoms with Crippen LogP contribution in [0.2, 0.25) is 0 Å². The Labute approximate surface area is 259 Å². The van der Waals surface area contributed by atoms with Gasteiger partial charge in [-0.3, -0.25) is 19.2 Å². The third-order valence-electron chi connectivity index (χ3n) is 8.61. The number of rotatable bonds is 10. The summed E-state index contributed by atoms with van der Waals surface area (Å²) < 4.78 is 45.4. The summed E-state index contributed by atoms with van der Waals surface area (Å²) in [5.74, 6) is -3.66. The van der Waals surface area contributed by atoms with Crippen LogP contribution in [0.3, 0.4) is 0 Å². The predicted octanol–water partition coefficient (Wildman–Crippen LogP) is 4.06. The van der Waals surface area contributed by atoms with Crippen LogP contribution in [-0.4, -0.2) is 65.2 Å². The Hall–Kier alpha value is -4.49. The molecule has 1 spiro atoms. The molecule has 2 aromatic rings. The van der Waals surface area contributed by atoms with Crippen molar-refractivity contribution in [1.29, 1.82) is 0 Å². The molecule has 2 amide bonds. The average molecular weight is 633 g/mol. The minimum atomic E-state index is -0.965. The van der Waals surface area contributed by atoms with Crippen molar-refractivity contribution in [2.45, 2.75) is 83.0 Å². The lowest BCUT2D eigenvalue weighted by Gasteiger charge is -2.42. The first-order chi connectivity index (χ1) is 21.6. The van der Waals surface area contributed by atoms with Gasteiger partial charge in [-0.15, -0.1) is 0 Å². The van der Waals surface area contributed by atoms with Gasteiger partial charge in [-0.1, -0.05) is 31.0 Å². The number of benzene rings is 1. The molecule has 1 N–H and O–H groups in total. The Morgan fingerprint density at radius 2 is 2.04 bits per heavy atom. The lowest BCUT2D eigenvalue weighted by molar-refractivity contribution is -0.150. The summed E-state index contributed by atoms with van der Waals surface area (Å²) in [7, 11) is 1.48. The molecule has 244 valence electrons. The second kappa shape index (κ2) is 13.2. The van der Waals surface area contributed by atoms with Crippen LogP contribution in [0.15, 0.2) is 34.3 Å². The SMILES string of the molecule is CCCCCC(=O)OCOc1c2n(cc(C(=O)NCc3ccc(F)cc3F)c1=O)[C@@H]1CN(C2=O)[C@@H](C)CC[C@]12CC(OC)=NO2.[HH]. The largest absolute Gasteiger partial charge is 0.482 e. The number of ether oxygens (including phenoxy) is 3. The minimum absolute atomic E-state index is 0. The second-order valence-electron chi connectivity index (χ2n) is 11.5. The van der Waals surface area contributed by atoms with E-state index in [2.05, 4.69) is 10.5 Å². The molecule has 1 aromatic heterocycles. The first-order valence-electron chi connectivity index (χ1n) is 15.0. The van der Waals surface area contributed by atoms with E-state index in [1.165, 1.54) is 23.9 Å². The number of halogens is 2. The molecule has 1 saturated heterocycles. The Kier molecular flexibility index (Phi) is 9.40. The van der Waals surface area contributed by atoms with E-state index in [1.54, 1.807) is 4.90 Å². The monoisotopic (exact) mass is 632 g/mol. The Bertz CT molecular complexity index is 1580. The molecule has 14 heteroatoms. The standard InChI is InChI=1S/C31H36F2N4O8.H2/c1-4-5-6-7-25(38)43-17-44-28-26-30(41)36-16-23(31(11-10-18(36)2)13-24(42-3)35-45-31)37(26)15-21(27(28)39)29(40)34-14-19-8-9-20(32)12-22(19)33;/h8-9,12,15,18,23H,4-7,10-11,13-14,16-17H2,1-3H3,(H,34,40);1H/t18-,23+,31-;/m0./s1. The Balaban J connectivity index is 0.00000480. The van der Waals surface area contributed by atoms with Crippen molar-refractivity contribution in [3.8, 4) is 5.75 Å². The molecule has 45 heavy (non-hydrogen) atoms. The fourth-order valence-corrected chi connectivity index (χ4v) is 5.99. The first-order valence-corrected chi connectivity index (χ1v) is 15.0. The van der Waals surface area contributed by atoms with Gasteiger partial charge < -0.3 is 33.8 Å². The molecule has 5 rings (SSSR count). The predicted molar refractivity (Wildman–Crippen MR) is 158 cm³/mol. The van der Waals surface area contributed by atoms with Crippen molar-refractivity contribution >= 4 is 23.7 Å². The zero-order valence-electron chi connectivity index (χ0n) is 25.4.